The smallest absolute Gasteiger partial charge is 0.332 e. The third-order valence-corrected chi connectivity index (χ3v) is 2.29. The molecule has 1 aliphatic rings. The van der Waals surface area contributed by atoms with Gasteiger partial charge in [0, 0.05) is 7.11 Å². The SMILES string of the molecule is COC1(C)CCC(C(=O)O)OC1. The van der Waals surface area contributed by atoms with Crippen LogP contribution in [0.3, 0.4) is 0 Å². The number of rotatable bonds is 2. The van der Waals surface area contributed by atoms with Crippen LogP contribution in [0.5, 0.6) is 0 Å². The van der Waals surface area contributed by atoms with Gasteiger partial charge in [-0.15, -0.1) is 0 Å². The molecule has 0 saturated carbocycles. The Kier molecular flexibility index (Phi) is 2.69. The van der Waals surface area contributed by atoms with Crippen molar-refractivity contribution < 1.29 is 19.4 Å². The molecule has 0 aromatic rings. The number of hydrogen-bond acceptors (Lipinski definition) is 3. The Labute approximate surface area is 71.5 Å². The molecule has 2 unspecified atom stereocenters. The maximum absolute atomic E-state index is 10.5. The maximum Gasteiger partial charge on any atom is 0.332 e. The molecule has 0 aliphatic carbocycles. The highest BCUT2D eigenvalue weighted by molar-refractivity contribution is 5.72. The van der Waals surface area contributed by atoms with Crippen LogP contribution < -0.4 is 0 Å². The first-order chi connectivity index (χ1) is 5.57. The first kappa shape index (κ1) is 9.48. The van der Waals surface area contributed by atoms with Gasteiger partial charge in [0.1, 0.15) is 0 Å². The van der Waals surface area contributed by atoms with Gasteiger partial charge in [0.2, 0.25) is 0 Å². The number of methoxy groups -OCH3 is 1. The topological polar surface area (TPSA) is 55.8 Å². The summed E-state index contributed by atoms with van der Waals surface area (Å²) in [6, 6.07) is 0. The summed E-state index contributed by atoms with van der Waals surface area (Å²) >= 11 is 0. The highest BCUT2D eigenvalue weighted by atomic mass is 16.6. The Morgan fingerprint density at radius 1 is 1.75 bits per heavy atom. The normalized spacial score (nSPS) is 36.3. The van der Waals surface area contributed by atoms with E-state index in [0.717, 1.165) is 6.42 Å². The minimum Gasteiger partial charge on any atom is -0.479 e. The van der Waals surface area contributed by atoms with Crippen LogP contribution in [0.25, 0.3) is 0 Å². The fourth-order valence-corrected chi connectivity index (χ4v) is 1.22. The zero-order chi connectivity index (χ0) is 9.19. The predicted molar refractivity (Wildman–Crippen MR) is 42.0 cm³/mol. The zero-order valence-corrected chi connectivity index (χ0v) is 7.37. The van der Waals surface area contributed by atoms with Crippen LogP contribution >= 0.6 is 0 Å². The molecule has 70 valence electrons. The van der Waals surface area contributed by atoms with E-state index in [4.69, 9.17) is 14.6 Å². The molecular weight excluding hydrogens is 160 g/mol. The summed E-state index contributed by atoms with van der Waals surface area (Å²) in [5, 5.41) is 8.62. The van der Waals surface area contributed by atoms with Crippen molar-refractivity contribution in [1.29, 1.82) is 0 Å². The highest BCUT2D eigenvalue weighted by Gasteiger charge is 2.34. The quantitative estimate of drug-likeness (QED) is 0.668. The average Bonchev–Trinajstić information content (AvgIpc) is 2.05. The molecule has 1 fully saturated rings. The van der Waals surface area contributed by atoms with Gasteiger partial charge < -0.3 is 14.6 Å². The summed E-state index contributed by atoms with van der Waals surface area (Å²) in [6.45, 7) is 2.28. The third-order valence-electron chi connectivity index (χ3n) is 2.29. The summed E-state index contributed by atoms with van der Waals surface area (Å²) < 4.78 is 10.3. The van der Waals surface area contributed by atoms with E-state index in [1.807, 2.05) is 6.92 Å². The molecule has 0 amide bonds. The Balaban J connectivity index is 2.44. The van der Waals surface area contributed by atoms with Crippen LogP contribution in [0.4, 0.5) is 0 Å². The van der Waals surface area contributed by atoms with Gasteiger partial charge >= 0.3 is 5.97 Å². The second-order valence-corrected chi connectivity index (χ2v) is 3.33. The van der Waals surface area contributed by atoms with Gasteiger partial charge in [-0.3, -0.25) is 0 Å². The molecule has 4 nitrogen and oxygen atoms in total. The summed E-state index contributed by atoms with van der Waals surface area (Å²) in [4.78, 5) is 10.5. The molecule has 0 bridgehead atoms. The van der Waals surface area contributed by atoms with Crippen molar-refractivity contribution in [2.24, 2.45) is 0 Å². The van der Waals surface area contributed by atoms with E-state index in [1.165, 1.54) is 0 Å². The molecule has 0 spiro atoms. The monoisotopic (exact) mass is 174 g/mol. The van der Waals surface area contributed by atoms with Gasteiger partial charge in [0.05, 0.1) is 12.2 Å². The third kappa shape index (κ3) is 1.95. The van der Waals surface area contributed by atoms with Gasteiger partial charge in [0.25, 0.3) is 0 Å². The molecule has 1 N–H and O–H groups in total. The number of hydrogen-bond donors (Lipinski definition) is 1. The van der Waals surface area contributed by atoms with Crippen molar-refractivity contribution in [1.82, 2.24) is 0 Å². The molecule has 0 radical (unpaired) electrons. The summed E-state index contributed by atoms with van der Waals surface area (Å²) in [7, 11) is 1.62. The van der Waals surface area contributed by atoms with Crippen LogP contribution in [-0.2, 0) is 14.3 Å². The van der Waals surface area contributed by atoms with Crippen molar-refractivity contribution in [3.8, 4) is 0 Å². The minimum atomic E-state index is -0.881. The summed E-state index contributed by atoms with van der Waals surface area (Å²) in [6.07, 6.45) is 0.619. The van der Waals surface area contributed by atoms with Crippen LogP contribution in [0.2, 0.25) is 0 Å². The molecule has 1 rings (SSSR count). The van der Waals surface area contributed by atoms with Gasteiger partial charge in [0.15, 0.2) is 6.10 Å². The molecule has 12 heavy (non-hydrogen) atoms. The number of ether oxygens (including phenoxy) is 2. The van der Waals surface area contributed by atoms with E-state index >= 15 is 0 Å². The molecule has 1 aliphatic heterocycles. The van der Waals surface area contributed by atoms with Gasteiger partial charge in [-0.2, -0.15) is 0 Å². The van der Waals surface area contributed by atoms with Gasteiger partial charge in [-0.25, -0.2) is 4.79 Å². The molecule has 2 atom stereocenters. The van der Waals surface area contributed by atoms with Crippen molar-refractivity contribution >= 4 is 5.97 Å². The Hall–Kier alpha value is -0.610. The lowest BCUT2D eigenvalue weighted by Gasteiger charge is -2.34. The lowest BCUT2D eigenvalue weighted by Crippen LogP contribution is -2.43. The van der Waals surface area contributed by atoms with Gasteiger partial charge in [-0.1, -0.05) is 0 Å². The fourth-order valence-electron chi connectivity index (χ4n) is 1.22. The molecule has 0 aromatic heterocycles. The first-order valence-electron chi connectivity index (χ1n) is 3.97. The number of carbonyl (C=O) groups is 1. The van der Waals surface area contributed by atoms with Crippen LogP contribution in [0.1, 0.15) is 19.8 Å². The Morgan fingerprint density at radius 3 is 2.75 bits per heavy atom. The van der Waals surface area contributed by atoms with Crippen molar-refractivity contribution in [2.45, 2.75) is 31.5 Å². The van der Waals surface area contributed by atoms with Crippen LogP contribution in [0.15, 0.2) is 0 Å². The Morgan fingerprint density at radius 2 is 2.42 bits per heavy atom. The summed E-state index contributed by atoms with van der Waals surface area (Å²) in [5.41, 5.74) is -0.300. The van der Waals surface area contributed by atoms with Crippen molar-refractivity contribution in [3.05, 3.63) is 0 Å². The molecule has 1 heterocycles. The van der Waals surface area contributed by atoms with E-state index < -0.39 is 12.1 Å². The average molecular weight is 174 g/mol. The Bertz CT molecular complexity index is 170. The number of aliphatic carboxylic acids is 1. The van der Waals surface area contributed by atoms with E-state index in [2.05, 4.69) is 0 Å². The minimum absolute atomic E-state index is 0.300. The van der Waals surface area contributed by atoms with E-state index in [-0.39, 0.29) is 5.60 Å². The predicted octanol–water partition coefficient (Wildman–Crippen LogP) is 0.655. The van der Waals surface area contributed by atoms with Crippen molar-refractivity contribution in [2.75, 3.05) is 13.7 Å². The van der Waals surface area contributed by atoms with E-state index in [9.17, 15) is 4.79 Å². The van der Waals surface area contributed by atoms with Crippen molar-refractivity contribution in [3.63, 3.8) is 0 Å². The second-order valence-electron chi connectivity index (χ2n) is 3.33. The van der Waals surface area contributed by atoms with E-state index in [1.54, 1.807) is 7.11 Å². The molecule has 1 saturated heterocycles. The van der Waals surface area contributed by atoms with E-state index in [0.29, 0.717) is 13.0 Å². The molecule has 0 aromatic carbocycles. The number of carboxylic acid groups (broad SMARTS) is 1. The first-order valence-corrected chi connectivity index (χ1v) is 3.97. The number of carboxylic acids is 1. The van der Waals surface area contributed by atoms with Gasteiger partial charge in [-0.05, 0) is 19.8 Å². The summed E-state index contributed by atoms with van der Waals surface area (Å²) in [5.74, 6) is -0.881. The zero-order valence-electron chi connectivity index (χ0n) is 7.37. The van der Waals surface area contributed by atoms with Crippen LogP contribution in [-0.4, -0.2) is 36.5 Å². The fraction of sp³-hybridized carbons (Fsp3) is 0.875. The standard InChI is InChI=1S/C8H14O4/c1-8(11-2)4-3-6(7(9)10)12-5-8/h6H,3-5H2,1-2H3,(H,9,10). The lowest BCUT2D eigenvalue weighted by molar-refractivity contribution is -0.169. The lowest BCUT2D eigenvalue weighted by atomic mass is 9.95. The van der Waals surface area contributed by atoms with Crippen LogP contribution in [0, 0.1) is 0 Å². The highest BCUT2D eigenvalue weighted by Crippen LogP contribution is 2.25. The second kappa shape index (κ2) is 3.41. The maximum atomic E-state index is 10.5. The largest absolute Gasteiger partial charge is 0.479 e. The molecular formula is C8H14O4. The molecule has 4 heteroatoms.